The molecular weight excluding hydrogens is 349 g/mol. The van der Waals surface area contributed by atoms with Crippen molar-refractivity contribution in [3.8, 4) is 0 Å². The molecule has 25 heavy (non-hydrogen) atoms. The van der Waals surface area contributed by atoms with Crippen LogP contribution in [0.5, 0.6) is 0 Å². The number of ether oxygens (including phenoxy) is 1. The third-order valence-electron chi connectivity index (χ3n) is 4.10. The number of esters is 1. The van der Waals surface area contributed by atoms with Gasteiger partial charge in [-0.15, -0.1) is 0 Å². The number of halogens is 2. The van der Waals surface area contributed by atoms with Gasteiger partial charge in [-0.3, -0.25) is 9.59 Å². The van der Waals surface area contributed by atoms with Crippen LogP contribution in [0.1, 0.15) is 36.1 Å². The Labute approximate surface area is 148 Å². The van der Waals surface area contributed by atoms with Crippen LogP contribution in [0.2, 0.25) is 5.02 Å². The molecule has 1 amide bonds. The quantitative estimate of drug-likeness (QED) is 0.845. The van der Waals surface area contributed by atoms with Crippen LogP contribution in [0.3, 0.4) is 0 Å². The number of nitrogens with one attached hydrogen (secondary N) is 1. The Morgan fingerprint density at radius 3 is 2.92 bits per heavy atom. The van der Waals surface area contributed by atoms with Crippen molar-refractivity contribution in [2.24, 2.45) is 0 Å². The fourth-order valence-corrected chi connectivity index (χ4v) is 3.44. The van der Waals surface area contributed by atoms with Crippen molar-refractivity contribution in [2.75, 3.05) is 11.9 Å². The van der Waals surface area contributed by atoms with E-state index >= 15 is 0 Å². The maximum Gasteiger partial charge on any atom is 0.327 e. The highest BCUT2D eigenvalue weighted by Crippen LogP contribution is 2.42. The summed E-state index contributed by atoms with van der Waals surface area (Å²) in [5.41, 5.74) is 1.53. The number of nitrogens with zero attached hydrogens (tertiary/aromatic N) is 2. The van der Waals surface area contributed by atoms with Crippen molar-refractivity contribution in [3.63, 3.8) is 0 Å². The normalized spacial score (nSPS) is 16.3. The maximum atomic E-state index is 14.4. The van der Waals surface area contributed by atoms with E-state index < -0.39 is 17.7 Å². The van der Waals surface area contributed by atoms with E-state index in [9.17, 15) is 14.0 Å². The average Bonchev–Trinajstić information content (AvgIpc) is 2.83. The Balaban J connectivity index is 2.08. The number of benzene rings is 1. The summed E-state index contributed by atoms with van der Waals surface area (Å²) >= 11 is 6.19. The summed E-state index contributed by atoms with van der Waals surface area (Å²) in [5, 5.41) is 7.30. The molecule has 1 aromatic carbocycles. The van der Waals surface area contributed by atoms with Crippen LogP contribution < -0.4 is 5.32 Å². The van der Waals surface area contributed by atoms with Crippen LogP contribution in [-0.4, -0.2) is 28.3 Å². The monoisotopic (exact) mass is 365 g/mol. The predicted octanol–water partition coefficient (Wildman–Crippen LogP) is 3.02. The zero-order valence-electron chi connectivity index (χ0n) is 13.8. The first-order chi connectivity index (χ1) is 11.9. The molecule has 0 aliphatic carbocycles. The molecule has 0 saturated heterocycles. The molecule has 6 nitrogen and oxygen atoms in total. The van der Waals surface area contributed by atoms with Gasteiger partial charge < -0.3 is 10.1 Å². The van der Waals surface area contributed by atoms with Crippen molar-refractivity contribution in [3.05, 3.63) is 45.9 Å². The van der Waals surface area contributed by atoms with Crippen LogP contribution in [0.4, 0.5) is 10.2 Å². The van der Waals surface area contributed by atoms with E-state index in [-0.39, 0.29) is 36.1 Å². The molecule has 3 rings (SSSR count). The lowest BCUT2D eigenvalue weighted by molar-refractivity contribution is -0.144. The molecule has 0 spiro atoms. The number of carbonyl (C=O) groups is 2. The van der Waals surface area contributed by atoms with Crippen LogP contribution in [0.15, 0.2) is 18.2 Å². The number of hydrogen-bond acceptors (Lipinski definition) is 4. The van der Waals surface area contributed by atoms with E-state index in [1.165, 1.54) is 16.8 Å². The van der Waals surface area contributed by atoms with Crippen molar-refractivity contribution < 1.29 is 18.7 Å². The minimum atomic E-state index is -0.562. The van der Waals surface area contributed by atoms with Crippen LogP contribution in [-0.2, 0) is 20.9 Å². The molecule has 8 heteroatoms. The lowest BCUT2D eigenvalue weighted by Gasteiger charge is -2.25. The molecule has 1 aliphatic rings. The molecule has 1 N–H and O–H groups in total. The molecule has 0 saturated carbocycles. The first kappa shape index (κ1) is 17.4. The first-order valence-electron chi connectivity index (χ1n) is 7.89. The van der Waals surface area contributed by atoms with Gasteiger partial charge in [0.25, 0.3) is 0 Å². The third-order valence-corrected chi connectivity index (χ3v) is 4.43. The number of rotatable bonds is 4. The molecule has 132 valence electrons. The standard InChI is InChI=1S/C17H17ClFN3O3/c1-3-25-14(24)8-22-17-15(9(2)21-22)10(7-13(23)20-17)16-11(18)5-4-6-12(16)19/h4-6,10H,3,7-8H2,1-2H3,(H,20,23)/t10-/m1/s1. The highest BCUT2D eigenvalue weighted by molar-refractivity contribution is 6.31. The molecule has 2 heterocycles. The second-order valence-electron chi connectivity index (χ2n) is 5.75. The summed E-state index contributed by atoms with van der Waals surface area (Å²) in [5.74, 6) is -1.41. The maximum absolute atomic E-state index is 14.4. The van der Waals surface area contributed by atoms with Crippen molar-refractivity contribution >= 4 is 29.3 Å². The van der Waals surface area contributed by atoms with Gasteiger partial charge in [-0.2, -0.15) is 5.10 Å². The summed E-state index contributed by atoms with van der Waals surface area (Å²) < 4.78 is 20.7. The first-order valence-corrected chi connectivity index (χ1v) is 8.26. The number of carbonyl (C=O) groups excluding carboxylic acids is 2. The molecule has 1 aromatic heterocycles. The van der Waals surface area contributed by atoms with Gasteiger partial charge >= 0.3 is 5.97 Å². The van der Waals surface area contributed by atoms with Crippen molar-refractivity contribution in [1.82, 2.24) is 9.78 Å². The predicted molar refractivity (Wildman–Crippen MR) is 90.1 cm³/mol. The van der Waals surface area contributed by atoms with Gasteiger partial charge in [-0.05, 0) is 26.0 Å². The zero-order valence-corrected chi connectivity index (χ0v) is 14.6. The summed E-state index contributed by atoms with van der Waals surface area (Å²) in [7, 11) is 0. The van der Waals surface area contributed by atoms with E-state index in [1.54, 1.807) is 19.9 Å². The molecule has 1 atom stereocenters. The highest BCUT2D eigenvalue weighted by Gasteiger charge is 2.35. The number of hydrogen-bond donors (Lipinski definition) is 1. The molecule has 0 unspecified atom stereocenters. The summed E-state index contributed by atoms with van der Waals surface area (Å²) in [6.45, 7) is 3.57. The van der Waals surface area contributed by atoms with Crippen molar-refractivity contribution in [2.45, 2.75) is 32.7 Å². The second-order valence-corrected chi connectivity index (χ2v) is 6.16. The van der Waals surface area contributed by atoms with Crippen LogP contribution in [0, 0.1) is 12.7 Å². The molecule has 2 aromatic rings. The summed E-state index contributed by atoms with van der Waals surface area (Å²) in [6.07, 6.45) is 0.0552. The van der Waals surface area contributed by atoms with Gasteiger partial charge in [-0.25, -0.2) is 9.07 Å². The summed E-state index contributed by atoms with van der Waals surface area (Å²) in [4.78, 5) is 23.9. The smallest absolute Gasteiger partial charge is 0.327 e. The number of anilines is 1. The van der Waals surface area contributed by atoms with E-state index in [0.29, 0.717) is 17.1 Å². The van der Waals surface area contributed by atoms with E-state index in [4.69, 9.17) is 16.3 Å². The number of fused-ring (bicyclic) bond motifs is 1. The van der Waals surface area contributed by atoms with Crippen molar-refractivity contribution in [1.29, 1.82) is 0 Å². The third kappa shape index (κ3) is 3.24. The molecule has 1 aliphatic heterocycles. The number of aromatic nitrogens is 2. The van der Waals surface area contributed by atoms with Crippen LogP contribution >= 0.6 is 11.6 Å². The van der Waals surface area contributed by atoms with Gasteiger partial charge in [-0.1, -0.05) is 17.7 Å². The minimum Gasteiger partial charge on any atom is -0.465 e. The molecular formula is C17H17ClFN3O3. The Kier molecular flexibility index (Phi) is 4.76. The number of amides is 1. The van der Waals surface area contributed by atoms with Gasteiger partial charge in [0.05, 0.1) is 12.3 Å². The highest BCUT2D eigenvalue weighted by atomic mass is 35.5. The van der Waals surface area contributed by atoms with E-state index in [1.807, 2.05) is 0 Å². The van der Waals surface area contributed by atoms with Gasteiger partial charge in [0.2, 0.25) is 5.91 Å². The summed E-state index contributed by atoms with van der Waals surface area (Å²) in [6, 6.07) is 4.41. The fourth-order valence-electron chi connectivity index (χ4n) is 3.15. The van der Waals surface area contributed by atoms with E-state index in [2.05, 4.69) is 10.4 Å². The largest absolute Gasteiger partial charge is 0.465 e. The van der Waals surface area contributed by atoms with E-state index in [0.717, 1.165) is 0 Å². The molecule has 0 bridgehead atoms. The fraction of sp³-hybridized carbons (Fsp3) is 0.353. The SMILES string of the molecule is CCOC(=O)Cn1nc(C)c2c1NC(=O)C[C@H]2c1c(F)cccc1Cl. The number of aryl methyl sites for hydroxylation is 1. The van der Waals surface area contributed by atoms with Gasteiger partial charge in [0, 0.05) is 28.5 Å². The second kappa shape index (κ2) is 6.84. The van der Waals surface area contributed by atoms with Gasteiger partial charge in [0.1, 0.15) is 18.2 Å². The van der Waals surface area contributed by atoms with Gasteiger partial charge in [0.15, 0.2) is 0 Å². The van der Waals surface area contributed by atoms with Crippen LogP contribution in [0.25, 0.3) is 0 Å². The Bertz CT molecular complexity index is 830. The zero-order chi connectivity index (χ0) is 18.1. The molecule has 0 fully saturated rings. The molecule has 0 radical (unpaired) electrons. The Hall–Kier alpha value is -2.41. The lowest BCUT2D eigenvalue weighted by atomic mass is 9.85. The lowest BCUT2D eigenvalue weighted by Crippen LogP contribution is -2.27. The minimum absolute atomic E-state index is 0.0552. The Morgan fingerprint density at radius 1 is 1.48 bits per heavy atom. The average molecular weight is 366 g/mol. The topological polar surface area (TPSA) is 73.2 Å². The Morgan fingerprint density at radius 2 is 2.24 bits per heavy atom.